The zero-order valence-electron chi connectivity index (χ0n) is 12.2. The summed E-state index contributed by atoms with van der Waals surface area (Å²) in [6.07, 6.45) is 1.12. The predicted molar refractivity (Wildman–Crippen MR) is 80.5 cm³/mol. The summed E-state index contributed by atoms with van der Waals surface area (Å²) >= 11 is 0. The molecular weight excluding hydrogens is 286 g/mol. The number of aliphatic carboxylic acids is 1. The maximum atomic E-state index is 12.1. The molecule has 0 radical (unpaired) electrons. The summed E-state index contributed by atoms with van der Waals surface area (Å²) in [4.78, 5) is 33.9. The van der Waals surface area contributed by atoms with Gasteiger partial charge in [-0.1, -0.05) is 12.1 Å². The van der Waals surface area contributed by atoms with Crippen LogP contribution in [-0.2, 0) is 20.8 Å². The van der Waals surface area contributed by atoms with Gasteiger partial charge in [0.05, 0.1) is 0 Å². The molecule has 116 valence electrons. The van der Waals surface area contributed by atoms with Crippen molar-refractivity contribution in [1.82, 2.24) is 5.01 Å². The lowest BCUT2D eigenvalue weighted by Gasteiger charge is -2.18. The van der Waals surface area contributed by atoms with Gasteiger partial charge in [0.2, 0.25) is 5.91 Å². The third kappa shape index (κ3) is 4.15. The van der Waals surface area contributed by atoms with Crippen molar-refractivity contribution in [3.05, 3.63) is 29.8 Å². The van der Waals surface area contributed by atoms with E-state index in [2.05, 4.69) is 10.4 Å². The highest BCUT2D eigenvalue weighted by Crippen LogP contribution is 2.13. The van der Waals surface area contributed by atoms with E-state index in [4.69, 9.17) is 5.11 Å². The molecule has 2 amide bonds. The molecule has 2 rings (SSSR count). The molecular formula is C15H17N3O4. The van der Waals surface area contributed by atoms with E-state index in [1.165, 1.54) is 12.1 Å². The molecule has 0 saturated carbocycles. The summed E-state index contributed by atoms with van der Waals surface area (Å²) in [6.45, 7) is 0. The van der Waals surface area contributed by atoms with Crippen molar-refractivity contribution in [2.75, 3.05) is 12.4 Å². The molecule has 1 aromatic carbocycles. The third-order valence-corrected chi connectivity index (χ3v) is 3.31. The van der Waals surface area contributed by atoms with E-state index in [1.807, 2.05) is 0 Å². The Bertz CT molecular complexity index is 622. The predicted octanol–water partition coefficient (Wildman–Crippen LogP) is 1.25. The molecule has 7 heteroatoms. The van der Waals surface area contributed by atoms with Crippen LogP contribution in [0.3, 0.4) is 0 Å². The van der Waals surface area contributed by atoms with Gasteiger partial charge in [0.25, 0.3) is 5.91 Å². The molecule has 0 spiro atoms. The lowest BCUT2D eigenvalue weighted by Crippen LogP contribution is -2.34. The number of hydrogen-bond acceptors (Lipinski definition) is 4. The van der Waals surface area contributed by atoms with Gasteiger partial charge in [0.1, 0.15) is 5.71 Å². The van der Waals surface area contributed by atoms with Crippen molar-refractivity contribution >= 4 is 29.2 Å². The van der Waals surface area contributed by atoms with E-state index in [0.29, 0.717) is 24.2 Å². The van der Waals surface area contributed by atoms with Crippen molar-refractivity contribution in [2.24, 2.45) is 5.10 Å². The number of nitrogens with one attached hydrogen (secondary N) is 1. The van der Waals surface area contributed by atoms with Gasteiger partial charge >= 0.3 is 5.97 Å². The number of anilines is 1. The number of benzene rings is 1. The van der Waals surface area contributed by atoms with Crippen molar-refractivity contribution in [3.63, 3.8) is 0 Å². The molecule has 0 saturated heterocycles. The maximum Gasteiger partial charge on any atom is 0.303 e. The number of carboxylic acids is 1. The normalized spacial score (nSPS) is 14.5. The Morgan fingerprint density at radius 2 is 1.95 bits per heavy atom. The number of hydrogen-bond donors (Lipinski definition) is 2. The highest BCUT2D eigenvalue weighted by atomic mass is 16.4. The fourth-order valence-electron chi connectivity index (χ4n) is 2.04. The fourth-order valence-corrected chi connectivity index (χ4v) is 2.04. The number of carboxylic acid groups (broad SMARTS) is 1. The summed E-state index contributed by atoms with van der Waals surface area (Å²) < 4.78 is 0. The Morgan fingerprint density at radius 3 is 2.55 bits per heavy atom. The largest absolute Gasteiger partial charge is 0.481 e. The van der Waals surface area contributed by atoms with E-state index in [1.54, 1.807) is 24.3 Å². The van der Waals surface area contributed by atoms with Crippen LogP contribution in [0.2, 0.25) is 0 Å². The van der Waals surface area contributed by atoms with Gasteiger partial charge < -0.3 is 10.4 Å². The first kappa shape index (κ1) is 15.7. The molecule has 1 heterocycles. The Kier molecular flexibility index (Phi) is 4.88. The van der Waals surface area contributed by atoms with Gasteiger partial charge in [-0.2, -0.15) is 5.10 Å². The molecule has 1 aliphatic heterocycles. The minimum absolute atomic E-state index is 0.0723. The van der Waals surface area contributed by atoms with E-state index >= 15 is 0 Å². The molecule has 1 aliphatic rings. The first-order chi connectivity index (χ1) is 10.5. The second-order valence-electron chi connectivity index (χ2n) is 5.01. The van der Waals surface area contributed by atoms with Crippen molar-refractivity contribution in [2.45, 2.75) is 25.7 Å². The minimum Gasteiger partial charge on any atom is -0.481 e. The Balaban J connectivity index is 1.96. The van der Waals surface area contributed by atoms with E-state index < -0.39 is 5.97 Å². The average molecular weight is 303 g/mol. The van der Waals surface area contributed by atoms with Crippen molar-refractivity contribution < 1.29 is 19.5 Å². The molecule has 0 aromatic heterocycles. The molecule has 0 aliphatic carbocycles. The molecule has 0 fully saturated rings. The SMILES string of the molecule is CN1N=C(C(=O)Nc2ccc(CCC(=O)O)cc2)CCC1=O. The molecule has 0 atom stereocenters. The monoisotopic (exact) mass is 303 g/mol. The average Bonchev–Trinajstić information content (AvgIpc) is 2.49. The van der Waals surface area contributed by atoms with Crippen LogP contribution in [-0.4, -0.2) is 40.7 Å². The second-order valence-corrected chi connectivity index (χ2v) is 5.01. The number of amides is 2. The number of carbonyl (C=O) groups excluding carboxylic acids is 2. The summed E-state index contributed by atoms with van der Waals surface area (Å²) in [7, 11) is 1.52. The molecule has 7 nitrogen and oxygen atoms in total. The Morgan fingerprint density at radius 1 is 1.27 bits per heavy atom. The maximum absolute atomic E-state index is 12.1. The minimum atomic E-state index is -0.841. The quantitative estimate of drug-likeness (QED) is 0.855. The van der Waals surface area contributed by atoms with Crippen LogP contribution in [0.25, 0.3) is 0 Å². The van der Waals surface area contributed by atoms with Crippen LogP contribution in [0.5, 0.6) is 0 Å². The number of carbonyl (C=O) groups is 3. The van der Waals surface area contributed by atoms with Gasteiger partial charge in [-0.05, 0) is 24.1 Å². The van der Waals surface area contributed by atoms with E-state index in [9.17, 15) is 14.4 Å². The highest BCUT2D eigenvalue weighted by Gasteiger charge is 2.21. The van der Waals surface area contributed by atoms with E-state index in [0.717, 1.165) is 5.56 Å². The lowest BCUT2D eigenvalue weighted by atomic mass is 10.1. The van der Waals surface area contributed by atoms with Crippen LogP contribution in [0, 0.1) is 0 Å². The van der Waals surface area contributed by atoms with Gasteiger partial charge in [0.15, 0.2) is 0 Å². The third-order valence-electron chi connectivity index (χ3n) is 3.31. The first-order valence-electron chi connectivity index (χ1n) is 6.92. The number of rotatable bonds is 5. The zero-order valence-corrected chi connectivity index (χ0v) is 12.2. The van der Waals surface area contributed by atoms with Crippen LogP contribution >= 0.6 is 0 Å². The molecule has 22 heavy (non-hydrogen) atoms. The fraction of sp³-hybridized carbons (Fsp3) is 0.333. The van der Waals surface area contributed by atoms with Crippen molar-refractivity contribution in [1.29, 1.82) is 0 Å². The summed E-state index contributed by atoms with van der Waals surface area (Å²) in [5.74, 6) is -1.29. The van der Waals surface area contributed by atoms with Crippen LogP contribution in [0.15, 0.2) is 29.4 Å². The summed E-state index contributed by atoms with van der Waals surface area (Å²) in [5.41, 5.74) is 1.81. The number of aryl methyl sites for hydroxylation is 1. The van der Waals surface area contributed by atoms with Gasteiger partial charge in [0, 0.05) is 32.0 Å². The highest BCUT2D eigenvalue weighted by molar-refractivity contribution is 6.43. The van der Waals surface area contributed by atoms with Crippen molar-refractivity contribution in [3.8, 4) is 0 Å². The molecule has 0 bridgehead atoms. The van der Waals surface area contributed by atoms with Crippen LogP contribution in [0.4, 0.5) is 5.69 Å². The summed E-state index contributed by atoms with van der Waals surface area (Å²) in [5, 5.41) is 16.5. The summed E-state index contributed by atoms with van der Waals surface area (Å²) in [6, 6.07) is 6.98. The standard InChI is InChI=1S/C15H17N3O4/c1-18-13(19)8-7-12(17-18)15(22)16-11-5-2-10(3-6-11)4-9-14(20)21/h2-3,5-6H,4,7-9H2,1H3,(H,16,22)(H,20,21). The first-order valence-corrected chi connectivity index (χ1v) is 6.92. The lowest BCUT2D eigenvalue weighted by molar-refractivity contribution is -0.137. The van der Waals surface area contributed by atoms with Gasteiger partial charge in [-0.3, -0.25) is 14.4 Å². The van der Waals surface area contributed by atoms with E-state index in [-0.39, 0.29) is 24.7 Å². The molecule has 1 aromatic rings. The number of nitrogens with zero attached hydrogens (tertiary/aromatic N) is 2. The van der Waals surface area contributed by atoms with Crippen LogP contribution < -0.4 is 5.32 Å². The van der Waals surface area contributed by atoms with Crippen LogP contribution in [0.1, 0.15) is 24.8 Å². The number of hydrazone groups is 1. The smallest absolute Gasteiger partial charge is 0.303 e. The Labute approximate surface area is 127 Å². The Hall–Kier alpha value is -2.70. The molecule has 2 N–H and O–H groups in total. The van der Waals surface area contributed by atoms with Gasteiger partial charge in [-0.25, -0.2) is 5.01 Å². The second kappa shape index (κ2) is 6.84. The molecule has 0 unspecified atom stereocenters. The topological polar surface area (TPSA) is 99.1 Å². The zero-order chi connectivity index (χ0) is 16.1. The van der Waals surface area contributed by atoms with Gasteiger partial charge in [-0.15, -0.1) is 0 Å².